The number of nitrogens with two attached hydrogens (primary N) is 1. The Kier molecular flexibility index (Phi) is 10.3. The van der Waals surface area contributed by atoms with E-state index in [4.69, 9.17) is 20.0 Å². The number of β-lactam (4-membered cyclic amide) rings is 1. The average molecular weight is 691 g/mol. The lowest BCUT2D eigenvalue weighted by atomic mass is 10.0. The summed E-state index contributed by atoms with van der Waals surface area (Å²) in [6, 6.07) is 17.5. The molecule has 1 fully saturated rings. The Labute approximate surface area is 285 Å². The van der Waals surface area contributed by atoms with E-state index in [2.05, 4.69) is 26.4 Å². The summed E-state index contributed by atoms with van der Waals surface area (Å²) in [5, 5.41) is 5.93. The molecule has 3 N–H and O–H groups in total. The monoisotopic (exact) mass is 690 g/mol. The number of hydrogen-bond donors (Lipinski definition) is 2. The van der Waals surface area contributed by atoms with Gasteiger partial charge in [0, 0.05) is 17.3 Å². The van der Waals surface area contributed by atoms with Crippen LogP contribution in [0.25, 0.3) is 0 Å². The lowest BCUT2D eigenvalue weighted by Crippen LogP contribution is -2.71. The van der Waals surface area contributed by atoms with Crippen LogP contribution in [0.2, 0.25) is 0 Å². The second kappa shape index (κ2) is 14.4. The van der Waals surface area contributed by atoms with E-state index in [-0.39, 0.29) is 16.7 Å². The third kappa shape index (κ3) is 7.58. The van der Waals surface area contributed by atoms with E-state index in [1.807, 2.05) is 60.7 Å². The number of nitrogen functional groups attached to an aromatic ring is 1. The Hall–Kier alpha value is -5.02. The molecule has 0 saturated carbocycles. The van der Waals surface area contributed by atoms with Crippen molar-refractivity contribution < 1.29 is 33.5 Å². The van der Waals surface area contributed by atoms with E-state index < -0.39 is 58.7 Å². The molecule has 0 radical (unpaired) electrons. The zero-order valence-electron chi connectivity index (χ0n) is 26.6. The minimum absolute atomic E-state index is 0.0541. The van der Waals surface area contributed by atoms with Crippen molar-refractivity contribution >= 4 is 57.9 Å². The summed E-state index contributed by atoms with van der Waals surface area (Å²) in [4.78, 5) is 64.1. The molecule has 250 valence electrons. The highest BCUT2D eigenvalue weighted by atomic mass is 32.2. The molecule has 3 atom stereocenters. The first-order chi connectivity index (χ1) is 22.9. The summed E-state index contributed by atoms with van der Waals surface area (Å²) in [5.74, 6) is -2.63. The predicted molar refractivity (Wildman–Crippen MR) is 180 cm³/mol. The number of rotatable bonds is 11. The van der Waals surface area contributed by atoms with Gasteiger partial charge in [0.1, 0.15) is 22.7 Å². The van der Waals surface area contributed by atoms with Gasteiger partial charge in [0.05, 0.1) is 0 Å². The number of esters is 2. The number of aromatic nitrogens is 2. The maximum Gasteiger partial charge on any atom is 0.356 e. The highest BCUT2D eigenvalue weighted by Gasteiger charge is 2.54. The number of amides is 2. The molecule has 2 aliphatic rings. The highest BCUT2D eigenvalue weighted by molar-refractivity contribution is 8.00. The highest BCUT2D eigenvalue weighted by Crippen LogP contribution is 2.42. The summed E-state index contributed by atoms with van der Waals surface area (Å²) in [6.07, 6.45) is -0.395. The summed E-state index contributed by atoms with van der Waals surface area (Å²) >= 11 is 2.17. The molecule has 2 unspecified atom stereocenters. The number of benzene rings is 2. The van der Waals surface area contributed by atoms with Crippen LogP contribution in [-0.2, 0) is 33.5 Å². The van der Waals surface area contributed by atoms with Crippen molar-refractivity contribution in [3.05, 3.63) is 102 Å². The summed E-state index contributed by atoms with van der Waals surface area (Å²) < 4.78 is 15.4. The van der Waals surface area contributed by atoms with Crippen molar-refractivity contribution in [2.75, 3.05) is 11.5 Å². The van der Waals surface area contributed by atoms with Crippen molar-refractivity contribution in [2.24, 2.45) is 5.16 Å². The average Bonchev–Trinajstić information content (AvgIpc) is 3.50. The maximum atomic E-state index is 13.9. The number of hydrogen-bond acceptors (Lipinski definition) is 13. The standard InChI is InChI=1S/C33H34N6O7S2/c1-6-19-17-47-29-23(35-27(40)22(26-36-32(34)48-38-26)37-46-18(2)30(42)45-33(3,4)5)28(41)39(29)24(19)31(43)44-25(20-13-9-7-10-14-20)21-15-11-8-12-16-21/h6-16,18,23,25,29H,1,17H2,2-5H3,(H,35,40)(H2,34,36,38)/t18?,23?,29-/m1/s1. The lowest BCUT2D eigenvalue weighted by molar-refractivity contribution is -0.167. The molecule has 15 heteroatoms. The topological polar surface area (TPSA) is 175 Å². The van der Waals surface area contributed by atoms with Crippen LogP contribution in [0.5, 0.6) is 0 Å². The van der Waals surface area contributed by atoms with Gasteiger partial charge in [0.15, 0.2) is 11.2 Å². The van der Waals surface area contributed by atoms with Gasteiger partial charge < -0.3 is 25.4 Å². The first kappa shape index (κ1) is 34.3. The van der Waals surface area contributed by atoms with Gasteiger partial charge in [-0.05, 0) is 44.4 Å². The molecular formula is C33H34N6O7S2. The molecular weight excluding hydrogens is 657 g/mol. The molecule has 48 heavy (non-hydrogen) atoms. The van der Waals surface area contributed by atoms with Crippen molar-refractivity contribution in [2.45, 2.75) is 56.9 Å². The molecule has 2 aliphatic heterocycles. The van der Waals surface area contributed by atoms with Gasteiger partial charge in [-0.15, -0.1) is 11.8 Å². The molecule has 3 heterocycles. The fraction of sp³-hybridized carbons (Fsp3) is 0.303. The Morgan fingerprint density at radius 1 is 1.10 bits per heavy atom. The Morgan fingerprint density at radius 3 is 2.27 bits per heavy atom. The SMILES string of the molecule is C=CC1=C(C(=O)OC(c2ccccc2)c2ccccc2)N2C(=O)C(NC(=O)C(=NOC(C)C(=O)OC(C)(C)C)c3nsc(N)n3)[C@H]2SC1. The number of oxime groups is 1. The molecule has 5 rings (SSSR count). The van der Waals surface area contributed by atoms with Crippen LogP contribution < -0.4 is 11.1 Å². The zero-order chi connectivity index (χ0) is 34.6. The first-order valence-electron chi connectivity index (χ1n) is 14.9. The van der Waals surface area contributed by atoms with Crippen molar-refractivity contribution in [3.8, 4) is 0 Å². The largest absolute Gasteiger partial charge is 0.457 e. The number of allylic oxidation sites excluding steroid dienone is 1. The van der Waals surface area contributed by atoms with Gasteiger partial charge in [-0.2, -0.15) is 9.36 Å². The van der Waals surface area contributed by atoms with Gasteiger partial charge in [-0.3, -0.25) is 14.5 Å². The van der Waals surface area contributed by atoms with E-state index in [1.165, 1.54) is 29.7 Å². The van der Waals surface area contributed by atoms with Crippen LogP contribution in [0, 0.1) is 0 Å². The molecule has 3 aromatic rings. The van der Waals surface area contributed by atoms with Crippen LogP contribution in [0.1, 0.15) is 50.8 Å². The molecule has 1 saturated heterocycles. The summed E-state index contributed by atoms with van der Waals surface area (Å²) in [5.41, 5.74) is 6.65. The normalized spacial score (nSPS) is 18.4. The Balaban J connectivity index is 1.35. The smallest absolute Gasteiger partial charge is 0.356 e. The summed E-state index contributed by atoms with van der Waals surface area (Å²) in [7, 11) is 0. The maximum absolute atomic E-state index is 13.9. The lowest BCUT2D eigenvalue weighted by Gasteiger charge is -2.49. The zero-order valence-corrected chi connectivity index (χ0v) is 28.2. The third-order valence-corrected chi connectivity index (χ3v) is 8.91. The van der Waals surface area contributed by atoms with E-state index in [0.717, 1.165) is 22.7 Å². The van der Waals surface area contributed by atoms with Crippen molar-refractivity contribution in [1.29, 1.82) is 0 Å². The number of thioether (sulfide) groups is 1. The van der Waals surface area contributed by atoms with Crippen LogP contribution in [-0.4, -0.2) is 72.6 Å². The van der Waals surface area contributed by atoms with Gasteiger partial charge in [-0.25, -0.2) is 9.59 Å². The number of anilines is 1. The Morgan fingerprint density at radius 2 is 1.73 bits per heavy atom. The quantitative estimate of drug-likeness (QED) is 0.130. The van der Waals surface area contributed by atoms with Crippen LogP contribution in [0.4, 0.5) is 5.13 Å². The third-order valence-electron chi connectivity index (χ3n) is 7.06. The van der Waals surface area contributed by atoms with Crippen LogP contribution in [0.15, 0.2) is 89.7 Å². The molecule has 1 aromatic heterocycles. The second-order valence-electron chi connectivity index (χ2n) is 11.7. The molecule has 0 spiro atoms. The van der Waals surface area contributed by atoms with Gasteiger partial charge in [-0.1, -0.05) is 78.5 Å². The molecule has 0 bridgehead atoms. The number of carbonyl (C=O) groups excluding carboxylic acids is 4. The minimum Gasteiger partial charge on any atom is -0.457 e. The van der Waals surface area contributed by atoms with Gasteiger partial charge >= 0.3 is 11.9 Å². The molecule has 2 amide bonds. The van der Waals surface area contributed by atoms with Crippen molar-refractivity contribution in [3.63, 3.8) is 0 Å². The number of fused-ring (bicyclic) bond motifs is 1. The molecule has 13 nitrogen and oxygen atoms in total. The van der Waals surface area contributed by atoms with E-state index in [9.17, 15) is 19.2 Å². The van der Waals surface area contributed by atoms with Crippen LogP contribution >= 0.6 is 23.3 Å². The van der Waals surface area contributed by atoms with Gasteiger partial charge in [0.25, 0.3) is 11.8 Å². The second-order valence-corrected chi connectivity index (χ2v) is 13.6. The number of nitrogens with one attached hydrogen (secondary N) is 1. The predicted octanol–water partition coefficient (Wildman–Crippen LogP) is 3.74. The van der Waals surface area contributed by atoms with E-state index >= 15 is 0 Å². The number of carbonyl (C=O) groups is 4. The first-order valence-corrected chi connectivity index (χ1v) is 16.7. The van der Waals surface area contributed by atoms with E-state index in [1.54, 1.807) is 20.8 Å². The Bertz CT molecular complexity index is 1730. The van der Waals surface area contributed by atoms with E-state index in [0.29, 0.717) is 11.3 Å². The van der Waals surface area contributed by atoms with Crippen molar-refractivity contribution in [1.82, 2.24) is 19.6 Å². The summed E-state index contributed by atoms with van der Waals surface area (Å²) in [6.45, 7) is 10.4. The fourth-order valence-corrected chi connectivity index (χ4v) is 6.59. The number of ether oxygens (including phenoxy) is 2. The minimum atomic E-state index is -1.18. The molecule has 2 aromatic carbocycles. The number of nitrogens with zero attached hydrogens (tertiary/aromatic N) is 4. The van der Waals surface area contributed by atoms with Crippen LogP contribution in [0.3, 0.4) is 0 Å². The fourth-order valence-electron chi connectivity index (χ4n) is 4.82. The van der Waals surface area contributed by atoms with Gasteiger partial charge in [0.2, 0.25) is 17.6 Å². The molecule has 0 aliphatic carbocycles.